The predicted molar refractivity (Wildman–Crippen MR) is 92.8 cm³/mol. The van der Waals surface area contributed by atoms with E-state index in [1.807, 2.05) is 7.05 Å². The number of hydrogen-bond acceptors (Lipinski definition) is 3. The molecule has 1 aliphatic carbocycles. The monoisotopic (exact) mass is 323 g/mol. The largest absolute Gasteiger partial charge is 0.380 e. The van der Waals surface area contributed by atoms with Crippen molar-refractivity contribution < 1.29 is 9.47 Å². The van der Waals surface area contributed by atoms with Crippen molar-refractivity contribution >= 4 is 5.96 Å². The van der Waals surface area contributed by atoms with Crippen LogP contribution in [0.15, 0.2) is 4.99 Å². The van der Waals surface area contributed by atoms with Gasteiger partial charge in [-0.05, 0) is 31.6 Å². The van der Waals surface area contributed by atoms with Gasteiger partial charge in [-0.3, -0.25) is 4.99 Å². The Balaban J connectivity index is 1.36. The van der Waals surface area contributed by atoms with Gasteiger partial charge in [-0.1, -0.05) is 19.8 Å². The van der Waals surface area contributed by atoms with Gasteiger partial charge in [-0.25, -0.2) is 0 Å². The van der Waals surface area contributed by atoms with E-state index in [4.69, 9.17) is 9.47 Å². The number of guanidine groups is 1. The summed E-state index contributed by atoms with van der Waals surface area (Å²) < 4.78 is 11.5. The molecule has 2 heterocycles. The minimum atomic E-state index is 0.276. The van der Waals surface area contributed by atoms with E-state index in [0.717, 1.165) is 64.2 Å². The first kappa shape index (κ1) is 17.0. The third kappa shape index (κ3) is 4.60. The van der Waals surface area contributed by atoms with Crippen molar-refractivity contribution in [2.75, 3.05) is 46.5 Å². The van der Waals surface area contributed by atoms with Crippen LogP contribution < -0.4 is 5.32 Å². The maximum Gasteiger partial charge on any atom is 0.193 e. The Labute approximate surface area is 140 Å². The van der Waals surface area contributed by atoms with E-state index in [2.05, 4.69) is 22.1 Å². The molecule has 2 aliphatic heterocycles. The second-order valence-electron chi connectivity index (χ2n) is 7.87. The van der Waals surface area contributed by atoms with E-state index >= 15 is 0 Å². The van der Waals surface area contributed by atoms with Crippen LogP contribution >= 0.6 is 0 Å². The van der Waals surface area contributed by atoms with E-state index < -0.39 is 0 Å². The molecule has 1 N–H and O–H groups in total. The summed E-state index contributed by atoms with van der Waals surface area (Å²) in [6.07, 6.45) is 8.23. The molecule has 0 radical (unpaired) electrons. The molecule has 0 atom stereocenters. The van der Waals surface area contributed by atoms with Crippen molar-refractivity contribution in [3.63, 3.8) is 0 Å². The van der Waals surface area contributed by atoms with Gasteiger partial charge in [0.05, 0.1) is 19.3 Å². The maximum atomic E-state index is 6.17. The van der Waals surface area contributed by atoms with Gasteiger partial charge in [-0.2, -0.15) is 0 Å². The zero-order valence-electron chi connectivity index (χ0n) is 14.9. The van der Waals surface area contributed by atoms with Crippen molar-refractivity contribution in [1.82, 2.24) is 10.2 Å². The molecule has 5 nitrogen and oxygen atoms in total. The van der Waals surface area contributed by atoms with Crippen molar-refractivity contribution in [2.24, 2.45) is 16.3 Å². The molecule has 0 spiro atoms. The summed E-state index contributed by atoms with van der Waals surface area (Å²) in [5, 5.41) is 3.53. The quantitative estimate of drug-likeness (QED) is 0.623. The fraction of sp³-hybridized carbons (Fsp3) is 0.944. The second-order valence-corrected chi connectivity index (χ2v) is 7.87. The van der Waals surface area contributed by atoms with E-state index in [0.29, 0.717) is 6.10 Å². The molecule has 0 aromatic rings. The zero-order valence-corrected chi connectivity index (χ0v) is 14.9. The first-order chi connectivity index (χ1) is 11.2. The van der Waals surface area contributed by atoms with Crippen LogP contribution in [0.1, 0.15) is 45.4 Å². The Bertz CT molecular complexity index is 395. The van der Waals surface area contributed by atoms with E-state index in [1.165, 1.54) is 25.7 Å². The van der Waals surface area contributed by atoms with Crippen LogP contribution in [-0.4, -0.2) is 63.5 Å². The zero-order chi connectivity index (χ0) is 16.1. The standard InChI is InChI=1S/C18H33N3O2/c1-18(13-22-14-18)12-20-17(19-2)21-9-7-16(8-10-21)23-11-15-5-3-4-6-15/h15-16H,3-14H2,1-2H3,(H,19,20). The average molecular weight is 323 g/mol. The summed E-state index contributed by atoms with van der Waals surface area (Å²) >= 11 is 0. The van der Waals surface area contributed by atoms with Crippen LogP contribution in [-0.2, 0) is 9.47 Å². The fourth-order valence-electron chi connectivity index (χ4n) is 3.86. The fourth-order valence-corrected chi connectivity index (χ4v) is 3.86. The molecule has 0 unspecified atom stereocenters. The molecule has 1 saturated carbocycles. The summed E-state index contributed by atoms with van der Waals surface area (Å²) in [5.41, 5.74) is 0.276. The molecule has 3 fully saturated rings. The van der Waals surface area contributed by atoms with Gasteiger partial charge in [0.15, 0.2) is 5.96 Å². The lowest BCUT2D eigenvalue weighted by molar-refractivity contribution is -0.0973. The molecule has 3 rings (SSSR count). The molecule has 132 valence electrons. The SMILES string of the molecule is CN=C(NCC1(C)COC1)N1CCC(OCC2CCCC2)CC1. The van der Waals surface area contributed by atoms with Crippen LogP contribution in [0, 0.1) is 11.3 Å². The van der Waals surface area contributed by atoms with Gasteiger partial charge in [-0.15, -0.1) is 0 Å². The van der Waals surface area contributed by atoms with Gasteiger partial charge in [0, 0.05) is 38.7 Å². The molecule has 3 aliphatic rings. The number of likely N-dealkylation sites (tertiary alicyclic amines) is 1. The summed E-state index contributed by atoms with van der Waals surface area (Å²) in [5.74, 6) is 1.86. The Kier molecular flexibility index (Phi) is 5.81. The van der Waals surface area contributed by atoms with Crippen LogP contribution in [0.4, 0.5) is 0 Å². The molecule has 0 aromatic carbocycles. The van der Waals surface area contributed by atoms with Crippen molar-refractivity contribution in [3.8, 4) is 0 Å². The average Bonchev–Trinajstić information content (AvgIpc) is 3.06. The number of ether oxygens (including phenoxy) is 2. The number of piperidine rings is 1. The molecule has 23 heavy (non-hydrogen) atoms. The summed E-state index contributed by atoms with van der Waals surface area (Å²) in [4.78, 5) is 6.83. The molecule has 5 heteroatoms. The van der Waals surface area contributed by atoms with Gasteiger partial charge in [0.25, 0.3) is 0 Å². The third-order valence-corrected chi connectivity index (χ3v) is 5.57. The van der Waals surface area contributed by atoms with E-state index in [-0.39, 0.29) is 5.41 Å². The first-order valence-electron chi connectivity index (χ1n) is 9.33. The molecule has 0 bridgehead atoms. The highest BCUT2D eigenvalue weighted by atomic mass is 16.5. The minimum Gasteiger partial charge on any atom is -0.380 e. The smallest absolute Gasteiger partial charge is 0.193 e. The maximum absolute atomic E-state index is 6.17. The number of rotatable bonds is 5. The van der Waals surface area contributed by atoms with Crippen LogP contribution in [0.2, 0.25) is 0 Å². The van der Waals surface area contributed by atoms with Crippen LogP contribution in [0.5, 0.6) is 0 Å². The number of nitrogens with zero attached hydrogens (tertiary/aromatic N) is 2. The van der Waals surface area contributed by atoms with Crippen molar-refractivity contribution in [3.05, 3.63) is 0 Å². The predicted octanol–water partition coefficient (Wildman–Crippen LogP) is 2.27. The molecule has 0 amide bonds. The Hall–Kier alpha value is -0.810. The van der Waals surface area contributed by atoms with Crippen molar-refractivity contribution in [1.29, 1.82) is 0 Å². The topological polar surface area (TPSA) is 46.1 Å². The third-order valence-electron chi connectivity index (χ3n) is 5.57. The van der Waals surface area contributed by atoms with Gasteiger partial charge < -0.3 is 19.7 Å². The molecular formula is C18H33N3O2. The summed E-state index contributed by atoms with van der Waals surface area (Å²) in [6.45, 7) is 7.99. The lowest BCUT2D eigenvalue weighted by atomic mass is 9.89. The summed E-state index contributed by atoms with van der Waals surface area (Å²) in [7, 11) is 1.88. The molecular weight excluding hydrogens is 290 g/mol. The second kappa shape index (κ2) is 7.84. The van der Waals surface area contributed by atoms with Crippen molar-refractivity contribution in [2.45, 2.75) is 51.6 Å². The van der Waals surface area contributed by atoms with Gasteiger partial charge >= 0.3 is 0 Å². The minimum absolute atomic E-state index is 0.276. The highest BCUT2D eigenvalue weighted by molar-refractivity contribution is 5.80. The highest BCUT2D eigenvalue weighted by Crippen LogP contribution is 2.27. The summed E-state index contributed by atoms with van der Waals surface area (Å²) in [6, 6.07) is 0. The molecule has 2 saturated heterocycles. The lowest BCUT2D eigenvalue weighted by Crippen LogP contribution is -2.53. The van der Waals surface area contributed by atoms with Crippen LogP contribution in [0.25, 0.3) is 0 Å². The Morgan fingerprint density at radius 1 is 1.22 bits per heavy atom. The number of aliphatic imine (C=N–C) groups is 1. The number of hydrogen-bond donors (Lipinski definition) is 1. The lowest BCUT2D eigenvalue weighted by Gasteiger charge is -2.40. The Morgan fingerprint density at radius 2 is 1.91 bits per heavy atom. The first-order valence-corrected chi connectivity index (χ1v) is 9.33. The van der Waals surface area contributed by atoms with Crippen LogP contribution in [0.3, 0.4) is 0 Å². The highest BCUT2D eigenvalue weighted by Gasteiger charge is 2.34. The van der Waals surface area contributed by atoms with E-state index in [1.54, 1.807) is 0 Å². The van der Waals surface area contributed by atoms with E-state index in [9.17, 15) is 0 Å². The molecule has 0 aromatic heterocycles. The van der Waals surface area contributed by atoms with Gasteiger partial charge in [0.1, 0.15) is 0 Å². The number of nitrogens with one attached hydrogen (secondary N) is 1. The van der Waals surface area contributed by atoms with Gasteiger partial charge in [0.2, 0.25) is 0 Å². The Morgan fingerprint density at radius 3 is 2.48 bits per heavy atom. The normalized spacial score (nSPS) is 26.3.